The highest BCUT2D eigenvalue weighted by molar-refractivity contribution is 6.31. The highest BCUT2D eigenvalue weighted by Gasteiger charge is 2.35. The van der Waals surface area contributed by atoms with Gasteiger partial charge < -0.3 is 9.72 Å². The Morgan fingerprint density at radius 2 is 1.96 bits per heavy atom. The molecule has 1 aliphatic heterocycles. The molecule has 2 aromatic carbocycles. The maximum Gasteiger partial charge on any atom is 0.410 e. The first-order valence-corrected chi connectivity index (χ1v) is 9.65. The fourth-order valence-electron chi connectivity index (χ4n) is 3.82. The van der Waals surface area contributed by atoms with Crippen LogP contribution in [0.5, 0.6) is 0 Å². The molecule has 2 heterocycles. The first-order chi connectivity index (χ1) is 12.9. The lowest BCUT2D eigenvalue weighted by Gasteiger charge is -2.36. The number of rotatable bonds is 2. The molecule has 0 saturated carbocycles. The van der Waals surface area contributed by atoms with Gasteiger partial charge in [-0.15, -0.1) is 0 Å². The number of H-pyrrole nitrogens is 1. The number of hydrogen-bond donors (Lipinski definition) is 1. The molecule has 1 atom stereocenters. The lowest BCUT2D eigenvalue weighted by Crippen LogP contribution is -2.41. The molecule has 1 unspecified atom stereocenters. The first kappa shape index (κ1) is 17.9. The molecule has 1 aliphatic rings. The molecule has 0 aliphatic carbocycles. The second-order valence-corrected chi connectivity index (χ2v) is 7.83. The van der Waals surface area contributed by atoms with Gasteiger partial charge in [0, 0.05) is 28.2 Å². The molecule has 4 nitrogen and oxygen atoms in total. The van der Waals surface area contributed by atoms with Crippen molar-refractivity contribution >= 4 is 28.6 Å². The van der Waals surface area contributed by atoms with Crippen LogP contribution >= 0.6 is 11.6 Å². The van der Waals surface area contributed by atoms with Crippen molar-refractivity contribution in [1.82, 2.24) is 9.88 Å². The minimum absolute atomic E-state index is 0.154. The van der Waals surface area contributed by atoms with E-state index in [1.165, 1.54) is 11.1 Å². The minimum Gasteiger partial charge on any atom is -0.447 e. The summed E-state index contributed by atoms with van der Waals surface area (Å²) in [6.07, 6.45) is 0.336. The van der Waals surface area contributed by atoms with E-state index in [-0.39, 0.29) is 18.2 Å². The third-order valence-electron chi connectivity index (χ3n) is 5.05. The predicted molar refractivity (Wildman–Crippen MR) is 108 cm³/mol. The van der Waals surface area contributed by atoms with Crippen molar-refractivity contribution in [2.45, 2.75) is 39.3 Å². The highest BCUT2D eigenvalue weighted by atomic mass is 35.5. The molecule has 1 N–H and O–H groups in total. The van der Waals surface area contributed by atoms with Crippen LogP contribution in [0.15, 0.2) is 42.5 Å². The van der Waals surface area contributed by atoms with Crippen LogP contribution in [-0.2, 0) is 11.2 Å². The second kappa shape index (κ2) is 6.93. The van der Waals surface area contributed by atoms with Gasteiger partial charge in [-0.2, -0.15) is 0 Å². The molecule has 0 fully saturated rings. The van der Waals surface area contributed by atoms with Crippen LogP contribution in [0, 0.1) is 6.92 Å². The van der Waals surface area contributed by atoms with Gasteiger partial charge in [0.15, 0.2) is 0 Å². The van der Waals surface area contributed by atoms with Gasteiger partial charge in [-0.3, -0.25) is 4.90 Å². The summed E-state index contributed by atoms with van der Waals surface area (Å²) in [6, 6.07) is 14.0. The zero-order valence-electron chi connectivity index (χ0n) is 15.8. The number of carbonyl (C=O) groups excluding carboxylic acids is 1. The van der Waals surface area contributed by atoms with Gasteiger partial charge in [-0.25, -0.2) is 4.79 Å². The van der Waals surface area contributed by atoms with E-state index in [4.69, 9.17) is 16.3 Å². The lowest BCUT2D eigenvalue weighted by molar-refractivity contribution is 0.0655. The summed E-state index contributed by atoms with van der Waals surface area (Å²) in [7, 11) is 0. The zero-order valence-corrected chi connectivity index (χ0v) is 16.5. The number of halogens is 1. The van der Waals surface area contributed by atoms with E-state index in [0.717, 1.165) is 33.6 Å². The van der Waals surface area contributed by atoms with Crippen LogP contribution in [-0.4, -0.2) is 28.6 Å². The number of nitrogens with one attached hydrogen (secondary N) is 1. The number of aryl methyl sites for hydroxylation is 1. The van der Waals surface area contributed by atoms with Crippen molar-refractivity contribution in [1.29, 1.82) is 0 Å². The molecule has 1 amide bonds. The molecule has 0 saturated heterocycles. The van der Waals surface area contributed by atoms with Crippen LogP contribution in [0.4, 0.5) is 4.79 Å². The molecule has 0 bridgehead atoms. The van der Waals surface area contributed by atoms with E-state index >= 15 is 0 Å². The normalized spacial score (nSPS) is 16.6. The third-order valence-corrected chi connectivity index (χ3v) is 5.29. The maximum absolute atomic E-state index is 12.8. The average molecular weight is 383 g/mol. The molecular weight excluding hydrogens is 360 g/mol. The van der Waals surface area contributed by atoms with Crippen molar-refractivity contribution in [3.05, 3.63) is 69.9 Å². The summed E-state index contributed by atoms with van der Waals surface area (Å²) in [5.74, 6) is 0. The smallest absolute Gasteiger partial charge is 0.410 e. The Hall–Kier alpha value is -2.46. The van der Waals surface area contributed by atoms with Gasteiger partial charge in [0.05, 0.1) is 6.10 Å². The Morgan fingerprint density at radius 3 is 2.67 bits per heavy atom. The number of hydrogen-bond acceptors (Lipinski definition) is 2. The molecule has 4 rings (SSSR count). The van der Waals surface area contributed by atoms with Crippen molar-refractivity contribution in [2.75, 3.05) is 6.54 Å². The topological polar surface area (TPSA) is 45.3 Å². The SMILES string of the molecule is Cc1ccc(C2c3[nH]c4ccc(Cl)cc4c3CCN2C(=O)OC(C)C)cc1. The van der Waals surface area contributed by atoms with E-state index in [1.54, 1.807) is 0 Å². The van der Waals surface area contributed by atoms with Gasteiger partial charge in [0.25, 0.3) is 0 Å². The number of nitrogens with zero attached hydrogens (tertiary/aromatic N) is 1. The number of benzene rings is 2. The van der Waals surface area contributed by atoms with Gasteiger partial charge in [0.1, 0.15) is 6.04 Å². The van der Waals surface area contributed by atoms with Crippen molar-refractivity contribution < 1.29 is 9.53 Å². The molecule has 0 radical (unpaired) electrons. The molecule has 27 heavy (non-hydrogen) atoms. The minimum atomic E-state index is -0.280. The summed E-state index contributed by atoms with van der Waals surface area (Å²) in [5.41, 5.74) is 5.57. The standard InChI is InChI=1S/C22H23ClN2O2/c1-13(2)27-22(26)25-11-10-17-18-12-16(23)8-9-19(18)24-20(17)21(25)15-6-4-14(3)5-7-15/h4-9,12-13,21,24H,10-11H2,1-3H3. The number of amides is 1. The Balaban J connectivity index is 1.86. The second-order valence-electron chi connectivity index (χ2n) is 7.40. The average Bonchev–Trinajstić information content (AvgIpc) is 2.99. The van der Waals surface area contributed by atoms with Crippen LogP contribution in [0.25, 0.3) is 10.9 Å². The molecule has 1 aromatic heterocycles. The van der Waals surface area contributed by atoms with Crippen molar-refractivity contribution in [2.24, 2.45) is 0 Å². The fraction of sp³-hybridized carbons (Fsp3) is 0.318. The summed E-state index contributed by atoms with van der Waals surface area (Å²) in [6.45, 7) is 6.42. The van der Waals surface area contributed by atoms with Crippen molar-refractivity contribution in [3.8, 4) is 0 Å². The number of carbonyl (C=O) groups is 1. The van der Waals surface area contributed by atoms with Crippen LogP contribution in [0.2, 0.25) is 5.02 Å². The lowest BCUT2D eigenvalue weighted by atomic mass is 9.92. The Bertz CT molecular complexity index is 991. The van der Waals surface area contributed by atoms with Crippen LogP contribution in [0.3, 0.4) is 0 Å². The molecule has 3 aromatic rings. The van der Waals surface area contributed by atoms with Crippen molar-refractivity contribution in [3.63, 3.8) is 0 Å². The van der Waals surface area contributed by atoms with Gasteiger partial charge in [0.2, 0.25) is 0 Å². The van der Waals surface area contributed by atoms with Crippen LogP contribution < -0.4 is 0 Å². The van der Waals surface area contributed by atoms with Gasteiger partial charge in [-0.1, -0.05) is 41.4 Å². The monoisotopic (exact) mass is 382 g/mol. The summed E-state index contributed by atoms with van der Waals surface area (Å²) < 4.78 is 5.53. The summed E-state index contributed by atoms with van der Waals surface area (Å²) in [5, 5.41) is 1.85. The fourth-order valence-corrected chi connectivity index (χ4v) is 3.99. The van der Waals surface area contributed by atoms with Gasteiger partial charge >= 0.3 is 6.09 Å². The Morgan fingerprint density at radius 1 is 1.22 bits per heavy atom. The highest BCUT2D eigenvalue weighted by Crippen LogP contribution is 2.39. The van der Waals surface area contributed by atoms with E-state index in [1.807, 2.05) is 36.9 Å². The molecule has 0 spiro atoms. The molecular formula is C22H23ClN2O2. The van der Waals surface area contributed by atoms with E-state index < -0.39 is 0 Å². The summed E-state index contributed by atoms with van der Waals surface area (Å²) in [4.78, 5) is 18.2. The largest absolute Gasteiger partial charge is 0.447 e. The third kappa shape index (κ3) is 3.30. The summed E-state index contributed by atoms with van der Waals surface area (Å²) >= 11 is 6.23. The Labute approximate surface area is 164 Å². The van der Waals surface area contributed by atoms with E-state index in [2.05, 4.69) is 36.2 Å². The predicted octanol–water partition coefficient (Wildman–Crippen LogP) is 5.62. The van der Waals surface area contributed by atoms with E-state index in [0.29, 0.717) is 6.54 Å². The first-order valence-electron chi connectivity index (χ1n) is 9.28. The Kier molecular flexibility index (Phi) is 4.60. The van der Waals surface area contributed by atoms with Gasteiger partial charge in [-0.05, 0) is 56.5 Å². The van der Waals surface area contributed by atoms with Crippen LogP contribution in [0.1, 0.15) is 42.3 Å². The van der Waals surface area contributed by atoms with E-state index in [9.17, 15) is 4.79 Å². The number of fused-ring (bicyclic) bond motifs is 3. The number of aromatic amines is 1. The molecule has 5 heteroatoms. The zero-order chi connectivity index (χ0) is 19.1. The molecule has 140 valence electrons. The quantitative estimate of drug-likeness (QED) is 0.625. The number of aromatic nitrogens is 1. The maximum atomic E-state index is 12.8. The number of ether oxygens (including phenoxy) is 1.